The Kier molecular flexibility index (Phi) is 13.7. The van der Waals surface area contributed by atoms with E-state index in [0.29, 0.717) is 23.8 Å². The van der Waals surface area contributed by atoms with Crippen LogP contribution in [0.1, 0.15) is 43.5 Å². The third-order valence-corrected chi connectivity index (χ3v) is 9.66. The van der Waals surface area contributed by atoms with E-state index in [1.807, 2.05) is 43.3 Å². The van der Waals surface area contributed by atoms with Gasteiger partial charge in [-0.1, -0.05) is 85.8 Å². The zero-order valence-electron chi connectivity index (χ0n) is 33.4. The minimum absolute atomic E-state index is 0.0220. The molecule has 59 heavy (non-hydrogen) atoms. The highest BCUT2D eigenvalue weighted by atomic mass is 16.5. The summed E-state index contributed by atoms with van der Waals surface area (Å²) in [6.07, 6.45) is 1.99. The van der Waals surface area contributed by atoms with Gasteiger partial charge in [0.15, 0.2) is 0 Å². The molecule has 2 atom stereocenters. The van der Waals surface area contributed by atoms with Gasteiger partial charge in [-0.15, -0.1) is 0 Å². The Balaban J connectivity index is 1.12. The van der Waals surface area contributed by atoms with Crippen LogP contribution in [0.2, 0.25) is 0 Å². The molecule has 306 valence electrons. The number of benzene rings is 4. The SMILES string of the molecule is CCCN(Cc1ncc(-c2ccc3cc(-c4ccc(-c5cnc(CN(CC(C)O)C(=O)[C@H](NC(=O)OC)c6ccccc6)[nH]5)cc4)ccc3c2)[nH]1)C(=O)CNC(=O)OC. The molecule has 6 aromatic rings. The highest BCUT2D eigenvalue weighted by Gasteiger charge is 2.29. The minimum Gasteiger partial charge on any atom is -0.453 e. The number of imidazole rings is 2. The van der Waals surface area contributed by atoms with Crippen molar-refractivity contribution in [1.29, 1.82) is 0 Å². The molecular weight excluding hydrogens is 753 g/mol. The third kappa shape index (κ3) is 10.7. The lowest BCUT2D eigenvalue weighted by Crippen LogP contribution is -2.45. The van der Waals surface area contributed by atoms with E-state index in [1.54, 1.807) is 48.5 Å². The zero-order chi connectivity index (χ0) is 41.9. The molecule has 0 aliphatic carbocycles. The van der Waals surface area contributed by atoms with Crippen LogP contribution in [-0.4, -0.2) is 98.8 Å². The number of aliphatic hydroxyl groups excluding tert-OH is 1. The van der Waals surface area contributed by atoms with Crippen LogP contribution < -0.4 is 10.6 Å². The lowest BCUT2D eigenvalue weighted by atomic mass is 9.98. The number of carbonyl (C=O) groups is 4. The smallest absolute Gasteiger partial charge is 0.407 e. The van der Waals surface area contributed by atoms with Gasteiger partial charge in [-0.05, 0) is 58.5 Å². The number of hydrogen-bond acceptors (Lipinski definition) is 9. The topological polar surface area (TPSA) is 195 Å². The van der Waals surface area contributed by atoms with E-state index in [2.05, 4.69) is 65.6 Å². The molecule has 2 heterocycles. The predicted molar refractivity (Wildman–Crippen MR) is 222 cm³/mol. The highest BCUT2D eigenvalue weighted by molar-refractivity contribution is 5.91. The van der Waals surface area contributed by atoms with E-state index in [0.717, 1.165) is 50.8 Å². The van der Waals surface area contributed by atoms with Crippen molar-refractivity contribution in [3.8, 4) is 33.6 Å². The molecule has 1 unspecified atom stereocenters. The van der Waals surface area contributed by atoms with Gasteiger partial charge < -0.3 is 45.0 Å². The van der Waals surface area contributed by atoms with Crippen LogP contribution in [-0.2, 0) is 32.2 Å². The van der Waals surface area contributed by atoms with E-state index in [4.69, 9.17) is 4.74 Å². The first kappa shape index (κ1) is 41.6. The Bertz CT molecular complexity index is 2380. The number of aromatic nitrogens is 4. The van der Waals surface area contributed by atoms with Crippen molar-refractivity contribution in [3.63, 3.8) is 0 Å². The maximum Gasteiger partial charge on any atom is 0.407 e. The molecule has 0 radical (unpaired) electrons. The molecule has 0 spiro atoms. The Hall–Kier alpha value is -7.00. The molecule has 4 amide bonds. The summed E-state index contributed by atoms with van der Waals surface area (Å²) in [6, 6.07) is 28.4. The van der Waals surface area contributed by atoms with Crippen LogP contribution in [0.5, 0.6) is 0 Å². The Morgan fingerprint density at radius 3 is 1.90 bits per heavy atom. The monoisotopic (exact) mass is 800 g/mol. The number of amides is 4. The fraction of sp³-hybridized carbons (Fsp3) is 0.273. The second kappa shape index (κ2) is 19.4. The van der Waals surface area contributed by atoms with Crippen LogP contribution in [0, 0.1) is 0 Å². The number of H-pyrrole nitrogens is 2. The molecule has 15 nitrogen and oxygen atoms in total. The molecule has 0 saturated carbocycles. The minimum atomic E-state index is -1.02. The molecule has 5 N–H and O–H groups in total. The number of methoxy groups -OCH3 is 2. The number of carbonyl (C=O) groups excluding carboxylic acids is 4. The van der Waals surface area contributed by atoms with Gasteiger partial charge in [-0.3, -0.25) is 9.59 Å². The summed E-state index contributed by atoms with van der Waals surface area (Å²) in [5, 5.41) is 17.5. The Morgan fingerprint density at radius 1 is 0.729 bits per heavy atom. The van der Waals surface area contributed by atoms with Crippen LogP contribution in [0.3, 0.4) is 0 Å². The van der Waals surface area contributed by atoms with E-state index < -0.39 is 30.2 Å². The summed E-state index contributed by atoms with van der Waals surface area (Å²) in [6.45, 7) is 4.32. The molecule has 15 heteroatoms. The van der Waals surface area contributed by atoms with Crippen molar-refractivity contribution in [2.75, 3.05) is 33.9 Å². The molecule has 0 aliphatic heterocycles. The van der Waals surface area contributed by atoms with E-state index >= 15 is 0 Å². The highest BCUT2D eigenvalue weighted by Crippen LogP contribution is 2.30. The first-order valence-corrected chi connectivity index (χ1v) is 19.2. The van der Waals surface area contributed by atoms with Gasteiger partial charge in [0.1, 0.15) is 24.2 Å². The summed E-state index contributed by atoms with van der Waals surface area (Å²) in [5.74, 6) is 0.510. The summed E-state index contributed by atoms with van der Waals surface area (Å²) < 4.78 is 9.35. The number of rotatable bonds is 16. The second-order valence-corrected chi connectivity index (χ2v) is 14.0. The van der Waals surface area contributed by atoms with Crippen molar-refractivity contribution >= 4 is 34.8 Å². The maximum absolute atomic E-state index is 13.8. The summed E-state index contributed by atoms with van der Waals surface area (Å²) >= 11 is 0. The molecule has 2 aromatic heterocycles. The Morgan fingerprint density at radius 2 is 1.29 bits per heavy atom. The van der Waals surface area contributed by atoms with Gasteiger partial charge in [0.2, 0.25) is 11.8 Å². The first-order valence-electron chi connectivity index (χ1n) is 19.2. The molecule has 0 bridgehead atoms. The van der Waals surface area contributed by atoms with E-state index in [-0.39, 0.29) is 32.1 Å². The lowest BCUT2D eigenvalue weighted by molar-refractivity contribution is -0.135. The summed E-state index contributed by atoms with van der Waals surface area (Å²) in [7, 11) is 2.49. The number of ether oxygens (including phenoxy) is 2. The largest absolute Gasteiger partial charge is 0.453 e. The third-order valence-electron chi connectivity index (χ3n) is 9.66. The standard InChI is InChI=1S/C44H48N8O7/c1-5-19-51(40(54)24-47-43(56)58-3)26-38-46-23-37(49-38)35-18-17-33-20-32(15-16-34(33)21-35)29-11-13-30(14-12-29)36-22-45-39(48-36)27-52(25-28(2)53)42(55)41(50-44(57)59-4)31-9-7-6-8-10-31/h6-18,20-23,28,41,53H,5,19,24-27H2,1-4H3,(H,45,48)(H,46,49)(H,47,56)(H,50,57)/t28?,41-/m1/s1. The van der Waals surface area contributed by atoms with Crippen molar-refractivity contribution in [2.24, 2.45) is 0 Å². The lowest BCUT2D eigenvalue weighted by Gasteiger charge is -2.28. The fourth-order valence-corrected chi connectivity index (χ4v) is 6.71. The van der Waals surface area contributed by atoms with Crippen molar-refractivity contribution < 1.29 is 33.8 Å². The molecule has 6 rings (SSSR count). The number of aromatic amines is 2. The normalized spacial score (nSPS) is 12.0. The maximum atomic E-state index is 13.8. The van der Waals surface area contributed by atoms with Crippen LogP contribution in [0.15, 0.2) is 103 Å². The number of nitrogens with zero attached hydrogens (tertiary/aromatic N) is 4. The number of nitrogens with one attached hydrogen (secondary N) is 4. The number of alkyl carbamates (subject to hydrolysis) is 2. The summed E-state index contributed by atoms with van der Waals surface area (Å²) in [4.78, 5) is 69.0. The van der Waals surface area contributed by atoms with Crippen molar-refractivity contribution in [3.05, 3.63) is 121 Å². The second-order valence-electron chi connectivity index (χ2n) is 14.0. The molecule has 4 aromatic carbocycles. The number of hydrogen-bond donors (Lipinski definition) is 5. The van der Waals surface area contributed by atoms with E-state index in [1.165, 1.54) is 19.1 Å². The van der Waals surface area contributed by atoms with Gasteiger partial charge in [0.25, 0.3) is 0 Å². The molecule has 0 aliphatic rings. The number of fused-ring (bicyclic) bond motifs is 1. The molecular formula is C44H48N8O7. The van der Waals surface area contributed by atoms with E-state index in [9.17, 15) is 24.3 Å². The van der Waals surface area contributed by atoms with Crippen molar-refractivity contribution in [1.82, 2.24) is 40.4 Å². The molecule has 0 saturated heterocycles. The van der Waals surface area contributed by atoms with Gasteiger partial charge in [0, 0.05) is 18.7 Å². The number of aliphatic hydroxyl groups is 1. The van der Waals surface area contributed by atoms with Gasteiger partial charge in [0.05, 0.1) is 57.2 Å². The average Bonchev–Trinajstić information content (AvgIpc) is 3.94. The van der Waals surface area contributed by atoms with Crippen molar-refractivity contribution in [2.45, 2.75) is 45.5 Å². The first-order chi connectivity index (χ1) is 28.5. The average molecular weight is 801 g/mol. The predicted octanol–water partition coefficient (Wildman–Crippen LogP) is 6.19. The van der Waals surface area contributed by atoms with Gasteiger partial charge in [-0.25, -0.2) is 19.6 Å². The van der Waals surface area contributed by atoms with Crippen LogP contribution in [0.25, 0.3) is 44.4 Å². The van der Waals surface area contributed by atoms with Gasteiger partial charge in [-0.2, -0.15) is 0 Å². The summed E-state index contributed by atoms with van der Waals surface area (Å²) in [5.41, 5.74) is 6.11. The Labute approximate surface area is 341 Å². The van der Waals surface area contributed by atoms with Crippen LogP contribution in [0.4, 0.5) is 9.59 Å². The van der Waals surface area contributed by atoms with Gasteiger partial charge >= 0.3 is 12.2 Å². The fourth-order valence-electron chi connectivity index (χ4n) is 6.71. The van der Waals surface area contributed by atoms with Crippen LogP contribution >= 0.6 is 0 Å². The zero-order valence-corrected chi connectivity index (χ0v) is 33.4. The quantitative estimate of drug-likeness (QED) is 0.0759. The molecule has 0 fully saturated rings.